The summed E-state index contributed by atoms with van der Waals surface area (Å²) in [5.41, 5.74) is 1.22. The van der Waals surface area contributed by atoms with Crippen LogP contribution in [0.4, 0.5) is 0 Å². The fraction of sp³-hybridized carbons (Fsp3) is 0.526. The molecule has 1 aliphatic heterocycles. The maximum Gasteiger partial charge on any atom is 0.240 e. The summed E-state index contributed by atoms with van der Waals surface area (Å²) < 4.78 is 0. The van der Waals surface area contributed by atoms with Crippen LogP contribution in [-0.2, 0) is 14.4 Å². The Labute approximate surface area is 152 Å². The molecule has 5 nitrogen and oxygen atoms in total. The van der Waals surface area contributed by atoms with E-state index in [9.17, 15) is 14.4 Å². The molecule has 2 fully saturated rings. The number of thioether (sulfide) groups is 1. The van der Waals surface area contributed by atoms with Crippen molar-refractivity contribution in [3.63, 3.8) is 0 Å². The van der Waals surface area contributed by atoms with Gasteiger partial charge in [0, 0.05) is 17.2 Å². The minimum absolute atomic E-state index is 0.139. The molecule has 1 aliphatic carbocycles. The average molecular weight is 360 g/mol. The molecule has 1 saturated carbocycles. The van der Waals surface area contributed by atoms with Crippen molar-refractivity contribution in [3.05, 3.63) is 29.8 Å². The van der Waals surface area contributed by atoms with Crippen molar-refractivity contribution in [3.8, 4) is 0 Å². The smallest absolute Gasteiger partial charge is 0.240 e. The fourth-order valence-corrected chi connectivity index (χ4v) is 4.35. The van der Waals surface area contributed by atoms with Crippen LogP contribution >= 0.6 is 11.8 Å². The first-order valence-electron chi connectivity index (χ1n) is 8.87. The summed E-state index contributed by atoms with van der Waals surface area (Å²) in [6.45, 7) is 2.42. The maximum absolute atomic E-state index is 12.3. The lowest BCUT2D eigenvalue weighted by Gasteiger charge is -2.19. The molecule has 1 N–H and O–H groups in total. The fourth-order valence-electron chi connectivity index (χ4n) is 3.58. The Morgan fingerprint density at radius 1 is 1.12 bits per heavy atom. The standard InChI is InChI=1S/C19H24N2O3S/c1-13-6-8-14(9-7-13)25-11-10-20-17(22)12-21-18(23)15-4-2-3-5-16(15)19(21)24/h6-9,15-16H,2-5,10-12H2,1H3,(H,20,22). The molecule has 134 valence electrons. The van der Waals surface area contributed by atoms with Crippen LogP contribution in [0, 0.1) is 18.8 Å². The van der Waals surface area contributed by atoms with E-state index in [4.69, 9.17) is 0 Å². The zero-order valence-electron chi connectivity index (χ0n) is 14.5. The van der Waals surface area contributed by atoms with Crippen LogP contribution < -0.4 is 5.32 Å². The van der Waals surface area contributed by atoms with Gasteiger partial charge in [-0.25, -0.2) is 0 Å². The Morgan fingerprint density at radius 3 is 2.32 bits per heavy atom. The second-order valence-corrected chi connectivity index (χ2v) is 7.94. The normalized spacial score (nSPS) is 22.8. The minimum Gasteiger partial charge on any atom is -0.354 e. The SMILES string of the molecule is Cc1ccc(SCCNC(=O)CN2C(=O)C3CCCCC3C2=O)cc1. The number of imide groups is 1. The van der Waals surface area contributed by atoms with Gasteiger partial charge in [0.05, 0.1) is 11.8 Å². The first kappa shape index (κ1) is 18.0. The van der Waals surface area contributed by atoms with Crippen molar-refractivity contribution >= 4 is 29.5 Å². The molecule has 1 aromatic carbocycles. The molecule has 0 aromatic heterocycles. The Balaban J connectivity index is 1.42. The minimum atomic E-state index is -0.259. The molecule has 2 unspecified atom stereocenters. The van der Waals surface area contributed by atoms with Gasteiger partial charge in [-0.05, 0) is 31.9 Å². The van der Waals surface area contributed by atoms with Crippen LogP contribution in [0.25, 0.3) is 0 Å². The van der Waals surface area contributed by atoms with Crippen molar-refractivity contribution in [2.75, 3.05) is 18.8 Å². The molecule has 2 aliphatic rings. The molecule has 6 heteroatoms. The monoisotopic (exact) mass is 360 g/mol. The third-order valence-corrected chi connectivity index (χ3v) is 5.96. The molecular formula is C19H24N2O3S. The highest BCUT2D eigenvalue weighted by Crippen LogP contribution is 2.37. The Kier molecular flexibility index (Phi) is 5.78. The van der Waals surface area contributed by atoms with Gasteiger partial charge >= 0.3 is 0 Å². The molecule has 3 rings (SSSR count). The van der Waals surface area contributed by atoms with Crippen LogP contribution in [0.2, 0.25) is 0 Å². The van der Waals surface area contributed by atoms with E-state index in [2.05, 4.69) is 29.6 Å². The highest BCUT2D eigenvalue weighted by Gasteiger charge is 2.48. The summed E-state index contributed by atoms with van der Waals surface area (Å²) >= 11 is 1.67. The molecular weight excluding hydrogens is 336 g/mol. The first-order valence-corrected chi connectivity index (χ1v) is 9.86. The molecule has 1 aromatic rings. The van der Waals surface area contributed by atoms with Gasteiger partial charge in [-0.3, -0.25) is 19.3 Å². The Morgan fingerprint density at radius 2 is 1.72 bits per heavy atom. The van der Waals surface area contributed by atoms with E-state index >= 15 is 0 Å². The molecule has 25 heavy (non-hydrogen) atoms. The molecule has 0 radical (unpaired) electrons. The van der Waals surface area contributed by atoms with Crippen molar-refractivity contribution in [2.24, 2.45) is 11.8 Å². The van der Waals surface area contributed by atoms with Gasteiger partial charge < -0.3 is 5.32 Å². The van der Waals surface area contributed by atoms with Gasteiger partial charge in [0.2, 0.25) is 17.7 Å². The highest BCUT2D eigenvalue weighted by atomic mass is 32.2. The molecule has 0 spiro atoms. The molecule has 3 amide bonds. The number of benzene rings is 1. The number of fused-ring (bicyclic) bond motifs is 1. The number of nitrogens with zero attached hydrogens (tertiary/aromatic N) is 1. The van der Waals surface area contributed by atoms with E-state index in [1.165, 1.54) is 10.5 Å². The molecule has 2 atom stereocenters. The van der Waals surface area contributed by atoms with Crippen molar-refractivity contribution in [2.45, 2.75) is 37.5 Å². The van der Waals surface area contributed by atoms with Gasteiger partial charge in [0.25, 0.3) is 0 Å². The van der Waals surface area contributed by atoms with Crippen molar-refractivity contribution in [1.82, 2.24) is 10.2 Å². The van der Waals surface area contributed by atoms with E-state index in [-0.39, 0.29) is 36.1 Å². The predicted octanol–water partition coefficient (Wildman–Crippen LogP) is 2.38. The second kappa shape index (κ2) is 8.04. The van der Waals surface area contributed by atoms with Gasteiger partial charge in [0.15, 0.2) is 0 Å². The summed E-state index contributed by atoms with van der Waals surface area (Å²) in [6.07, 6.45) is 3.55. The number of nitrogens with one attached hydrogen (secondary N) is 1. The van der Waals surface area contributed by atoms with E-state index in [1.54, 1.807) is 11.8 Å². The zero-order valence-corrected chi connectivity index (χ0v) is 15.3. The maximum atomic E-state index is 12.3. The number of hydrogen-bond acceptors (Lipinski definition) is 4. The lowest BCUT2D eigenvalue weighted by molar-refractivity contribution is -0.143. The Hall–Kier alpha value is -1.82. The number of carbonyl (C=O) groups excluding carboxylic acids is 3. The Bertz CT molecular complexity index is 635. The van der Waals surface area contributed by atoms with Gasteiger partial charge in [0.1, 0.15) is 6.54 Å². The number of rotatable bonds is 6. The van der Waals surface area contributed by atoms with Crippen LogP contribution in [0.15, 0.2) is 29.2 Å². The van der Waals surface area contributed by atoms with Gasteiger partial charge in [-0.15, -0.1) is 11.8 Å². The quantitative estimate of drug-likeness (QED) is 0.480. The van der Waals surface area contributed by atoms with Crippen molar-refractivity contribution in [1.29, 1.82) is 0 Å². The molecule has 0 bridgehead atoms. The number of carbonyl (C=O) groups is 3. The summed E-state index contributed by atoms with van der Waals surface area (Å²) in [5.74, 6) is -0.193. The highest BCUT2D eigenvalue weighted by molar-refractivity contribution is 7.99. The summed E-state index contributed by atoms with van der Waals surface area (Å²) in [7, 11) is 0. The summed E-state index contributed by atoms with van der Waals surface area (Å²) in [4.78, 5) is 39.1. The largest absolute Gasteiger partial charge is 0.354 e. The predicted molar refractivity (Wildman–Crippen MR) is 97.1 cm³/mol. The van der Waals surface area contributed by atoms with E-state index in [0.717, 1.165) is 36.3 Å². The summed E-state index contributed by atoms with van der Waals surface area (Å²) in [6, 6.07) is 8.24. The van der Waals surface area contributed by atoms with Crippen LogP contribution in [0.1, 0.15) is 31.2 Å². The number of likely N-dealkylation sites (tertiary alicyclic amines) is 1. The lowest BCUT2D eigenvalue weighted by atomic mass is 9.81. The molecule has 1 heterocycles. The van der Waals surface area contributed by atoms with E-state index in [1.807, 2.05) is 6.92 Å². The van der Waals surface area contributed by atoms with Crippen molar-refractivity contribution < 1.29 is 14.4 Å². The summed E-state index contributed by atoms with van der Waals surface area (Å²) in [5, 5.41) is 2.81. The van der Waals surface area contributed by atoms with Crippen LogP contribution in [-0.4, -0.2) is 41.5 Å². The van der Waals surface area contributed by atoms with Gasteiger partial charge in [-0.1, -0.05) is 30.5 Å². The third kappa shape index (κ3) is 4.24. The van der Waals surface area contributed by atoms with Gasteiger partial charge in [-0.2, -0.15) is 0 Å². The third-order valence-electron chi connectivity index (χ3n) is 4.95. The van der Waals surface area contributed by atoms with Crippen LogP contribution in [0.3, 0.4) is 0 Å². The second-order valence-electron chi connectivity index (χ2n) is 6.77. The number of hydrogen-bond donors (Lipinski definition) is 1. The topological polar surface area (TPSA) is 66.5 Å². The first-order chi connectivity index (χ1) is 12.1. The van der Waals surface area contributed by atoms with E-state index in [0.29, 0.717) is 6.54 Å². The van der Waals surface area contributed by atoms with E-state index < -0.39 is 0 Å². The molecule has 1 saturated heterocycles. The zero-order chi connectivity index (χ0) is 17.8. The number of aryl methyl sites for hydroxylation is 1. The lowest BCUT2D eigenvalue weighted by Crippen LogP contribution is -2.41. The number of amides is 3. The van der Waals surface area contributed by atoms with Crippen LogP contribution in [0.5, 0.6) is 0 Å². The average Bonchev–Trinajstić information content (AvgIpc) is 2.86.